The highest BCUT2D eigenvalue weighted by Crippen LogP contribution is 2.37. The summed E-state index contributed by atoms with van der Waals surface area (Å²) >= 11 is 0. The fraction of sp³-hybridized carbons (Fsp3) is 0.444. The molecule has 3 amide bonds. The van der Waals surface area contributed by atoms with E-state index in [4.69, 9.17) is 4.74 Å². The molecule has 196 valence electrons. The summed E-state index contributed by atoms with van der Waals surface area (Å²) in [4.78, 5) is 45.8. The molecule has 1 saturated heterocycles. The number of ether oxygens (including phenoxy) is 1. The molecule has 4 heterocycles. The van der Waals surface area contributed by atoms with E-state index < -0.39 is 11.7 Å². The fourth-order valence-electron chi connectivity index (χ4n) is 5.40. The number of amides is 3. The van der Waals surface area contributed by atoms with Gasteiger partial charge in [-0.3, -0.25) is 14.4 Å². The van der Waals surface area contributed by atoms with E-state index in [1.165, 1.54) is 32.1 Å². The number of aromatic amines is 1. The minimum absolute atomic E-state index is 0.0175. The van der Waals surface area contributed by atoms with E-state index in [0.717, 1.165) is 50.3 Å². The van der Waals surface area contributed by atoms with Crippen molar-refractivity contribution in [3.63, 3.8) is 0 Å². The number of anilines is 2. The number of carbonyl (C=O) groups is 3. The van der Waals surface area contributed by atoms with Gasteiger partial charge in [-0.2, -0.15) is 0 Å². The molecule has 37 heavy (non-hydrogen) atoms. The Hall–Kier alpha value is -3.50. The lowest BCUT2D eigenvalue weighted by Crippen LogP contribution is -2.38. The highest BCUT2D eigenvalue weighted by Gasteiger charge is 2.30. The first-order valence-electron chi connectivity index (χ1n) is 12.7. The molecule has 0 spiro atoms. The second-order valence-corrected chi connectivity index (χ2v) is 9.83. The second kappa shape index (κ2) is 10.5. The van der Waals surface area contributed by atoms with Crippen molar-refractivity contribution in [2.24, 2.45) is 0 Å². The Balaban J connectivity index is 1.41. The molecule has 3 aliphatic heterocycles. The van der Waals surface area contributed by atoms with Crippen LogP contribution in [-0.4, -0.2) is 78.9 Å². The number of nitrogens with one attached hydrogen (secondary N) is 3. The average Bonchev–Trinajstić information content (AvgIpc) is 3.53. The fourth-order valence-corrected chi connectivity index (χ4v) is 5.40. The van der Waals surface area contributed by atoms with Crippen LogP contribution in [0.1, 0.15) is 52.1 Å². The van der Waals surface area contributed by atoms with Gasteiger partial charge in [0.25, 0.3) is 11.8 Å². The van der Waals surface area contributed by atoms with Gasteiger partial charge < -0.3 is 30.2 Å². The Morgan fingerprint density at radius 1 is 1.16 bits per heavy atom. The Bertz CT molecular complexity index is 1280. The predicted octanol–water partition coefficient (Wildman–Crippen LogP) is 3.02. The number of hydrogen-bond donors (Lipinski definition) is 3. The molecule has 0 bridgehead atoms. The zero-order chi connectivity index (χ0) is 26.1. The Labute approximate surface area is 215 Å². The molecule has 0 atom stereocenters. The van der Waals surface area contributed by atoms with E-state index in [-0.39, 0.29) is 24.1 Å². The van der Waals surface area contributed by atoms with Crippen molar-refractivity contribution in [2.45, 2.75) is 32.6 Å². The summed E-state index contributed by atoms with van der Waals surface area (Å²) in [5.74, 6) is -1.51. The van der Waals surface area contributed by atoms with Crippen LogP contribution in [0.2, 0.25) is 0 Å². The molecule has 0 saturated carbocycles. The molecule has 1 fully saturated rings. The van der Waals surface area contributed by atoms with Gasteiger partial charge in [0, 0.05) is 43.7 Å². The van der Waals surface area contributed by atoms with Crippen LogP contribution in [0, 0.1) is 12.7 Å². The highest BCUT2D eigenvalue weighted by molar-refractivity contribution is 6.35. The SMILES string of the molecule is COCC(=O)Nc1cc2c(cc1F)/C(=C/c1[nH]c3c(c1C)C(=O)N(CCN1CCCC1)CCC3)C(=O)N2. The Morgan fingerprint density at radius 3 is 2.70 bits per heavy atom. The lowest BCUT2D eigenvalue weighted by atomic mass is 10.0. The van der Waals surface area contributed by atoms with Gasteiger partial charge in [0.05, 0.1) is 22.5 Å². The normalized spacial score (nSPS) is 18.7. The van der Waals surface area contributed by atoms with Crippen molar-refractivity contribution in [2.75, 3.05) is 57.1 Å². The van der Waals surface area contributed by atoms with Crippen LogP contribution in [0.3, 0.4) is 0 Å². The zero-order valence-electron chi connectivity index (χ0n) is 21.2. The first-order chi connectivity index (χ1) is 17.9. The third-order valence-electron chi connectivity index (χ3n) is 7.34. The van der Waals surface area contributed by atoms with E-state index in [1.54, 1.807) is 6.08 Å². The Morgan fingerprint density at radius 2 is 1.95 bits per heavy atom. The van der Waals surface area contributed by atoms with Crippen LogP contribution in [-0.2, 0) is 20.7 Å². The van der Waals surface area contributed by atoms with Crippen molar-refractivity contribution >= 4 is 40.7 Å². The number of likely N-dealkylation sites (tertiary alicyclic amines) is 1. The molecular formula is C27H32FN5O4. The summed E-state index contributed by atoms with van der Waals surface area (Å²) in [6, 6.07) is 2.63. The smallest absolute Gasteiger partial charge is 0.256 e. The molecule has 0 aliphatic carbocycles. The number of aryl methyl sites for hydroxylation is 1. The summed E-state index contributed by atoms with van der Waals surface area (Å²) in [6.45, 7) is 6.18. The maximum Gasteiger partial charge on any atom is 0.256 e. The van der Waals surface area contributed by atoms with Crippen molar-refractivity contribution in [3.8, 4) is 0 Å². The summed E-state index contributed by atoms with van der Waals surface area (Å²) < 4.78 is 19.6. The van der Waals surface area contributed by atoms with E-state index in [9.17, 15) is 18.8 Å². The number of aromatic nitrogens is 1. The first kappa shape index (κ1) is 25.2. The van der Waals surface area contributed by atoms with Crippen molar-refractivity contribution in [1.29, 1.82) is 0 Å². The maximum atomic E-state index is 14.8. The van der Waals surface area contributed by atoms with Gasteiger partial charge in [0.15, 0.2) is 0 Å². The summed E-state index contributed by atoms with van der Waals surface area (Å²) in [5, 5.41) is 5.19. The van der Waals surface area contributed by atoms with E-state index in [0.29, 0.717) is 34.6 Å². The largest absolute Gasteiger partial charge is 0.375 e. The third kappa shape index (κ3) is 5.03. The molecule has 1 aromatic heterocycles. The number of halogens is 1. The Kier molecular flexibility index (Phi) is 7.12. The standard InChI is InChI=1S/C27H32FN5O4/c1-16-21(29-20-6-5-9-33(27(36)25(16)20)11-10-32-7-3-4-8-32)13-18-17-12-19(28)23(30-24(34)15-37-2)14-22(17)31-26(18)35/h12-14,29H,3-11,15H2,1-2H3,(H,30,34)(H,31,35)/b18-13-. The van der Waals surface area contributed by atoms with Crippen LogP contribution in [0.25, 0.3) is 11.6 Å². The lowest BCUT2D eigenvalue weighted by Gasteiger charge is -2.24. The zero-order valence-corrected chi connectivity index (χ0v) is 21.2. The number of carbonyl (C=O) groups excluding carboxylic acids is 3. The van der Waals surface area contributed by atoms with E-state index >= 15 is 0 Å². The monoisotopic (exact) mass is 509 g/mol. The van der Waals surface area contributed by atoms with E-state index in [2.05, 4.69) is 20.5 Å². The van der Waals surface area contributed by atoms with Gasteiger partial charge in [-0.15, -0.1) is 0 Å². The maximum absolute atomic E-state index is 14.8. The lowest BCUT2D eigenvalue weighted by molar-refractivity contribution is -0.119. The molecule has 9 nitrogen and oxygen atoms in total. The molecule has 1 aromatic carbocycles. The third-order valence-corrected chi connectivity index (χ3v) is 7.34. The number of nitrogens with zero attached hydrogens (tertiary/aromatic N) is 2. The minimum Gasteiger partial charge on any atom is -0.375 e. The quantitative estimate of drug-likeness (QED) is 0.498. The topological polar surface area (TPSA) is 107 Å². The minimum atomic E-state index is -0.659. The van der Waals surface area contributed by atoms with Gasteiger partial charge in [-0.05, 0) is 69.5 Å². The molecular weight excluding hydrogens is 477 g/mol. The van der Waals surface area contributed by atoms with Gasteiger partial charge in [0.2, 0.25) is 5.91 Å². The number of benzene rings is 1. The number of H-pyrrole nitrogens is 1. The highest BCUT2D eigenvalue weighted by atomic mass is 19.1. The molecule has 3 aliphatic rings. The molecule has 2 aromatic rings. The predicted molar refractivity (Wildman–Crippen MR) is 139 cm³/mol. The average molecular weight is 510 g/mol. The molecule has 3 N–H and O–H groups in total. The number of hydrogen-bond acceptors (Lipinski definition) is 5. The van der Waals surface area contributed by atoms with Crippen LogP contribution in [0.15, 0.2) is 12.1 Å². The number of rotatable bonds is 7. The molecule has 0 unspecified atom stereocenters. The van der Waals surface area contributed by atoms with Gasteiger partial charge in [0.1, 0.15) is 12.4 Å². The summed E-state index contributed by atoms with van der Waals surface area (Å²) in [6.07, 6.45) is 5.72. The van der Waals surface area contributed by atoms with Crippen LogP contribution < -0.4 is 10.6 Å². The van der Waals surface area contributed by atoms with Crippen LogP contribution in [0.5, 0.6) is 0 Å². The van der Waals surface area contributed by atoms with Gasteiger partial charge in [-0.1, -0.05) is 0 Å². The first-order valence-corrected chi connectivity index (χ1v) is 12.7. The molecule has 10 heteroatoms. The van der Waals surface area contributed by atoms with Crippen molar-refractivity contribution in [3.05, 3.63) is 46.0 Å². The van der Waals surface area contributed by atoms with Crippen LogP contribution >= 0.6 is 0 Å². The summed E-state index contributed by atoms with van der Waals surface area (Å²) in [5.41, 5.74) is 4.05. The van der Waals surface area contributed by atoms with Crippen molar-refractivity contribution < 1.29 is 23.5 Å². The number of fused-ring (bicyclic) bond motifs is 2. The summed E-state index contributed by atoms with van der Waals surface area (Å²) in [7, 11) is 1.37. The molecule has 5 rings (SSSR count). The van der Waals surface area contributed by atoms with Crippen molar-refractivity contribution in [1.82, 2.24) is 14.8 Å². The van der Waals surface area contributed by atoms with E-state index in [1.807, 2.05) is 11.8 Å². The molecule has 0 radical (unpaired) electrons. The van der Waals surface area contributed by atoms with Gasteiger partial charge in [-0.25, -0.2) is 4.39 Å². The number of methoxy groups -OCH3 is 1. The second-order valence-electron chi connectivity index (χ2n) is 9.83. The van der Waals surface area contributed by atoms with Crippen LogP contribution in [0.4, 0.5) is 15.8 Å². The van der Waals surface area contributed by atoms with Gasteiger partial charge >= 0.3 is 0 Å².